The van der Waals surface area contributed by atoms with Crippen LogP contribution >= 0.6 is 11.3 Å². The fourth-order valence-electron chi connectivity index (χ4n) is 3.27. The van der Waals surface area contributed by atoms with Crippen LogP contribution in [0.5, 0.6) is 5.75 Å². The molecule has 0 aliphatic heterocycles. The highest BCUT2D eigenvalue weighted by molar-refractivity contribution is 7.09. The third kappa shape index (κ3) is 5.79. The molecular weight excluding hydrogens is 362 g/mol. The van der Waals surface area contributed by atoms with Crippen molar-refractivity contribution in [2.45, 2.75) is 44.4 Å². The summed E-state index contributed by atoms with van der Waals surface area (Å²) in [5, 5.41) is 6.17. The zero-order chi connectivity index (χ0) is 19.1. The van der Waals surface area contributed by atoms with E-state index in [1.807, 2.05) is 0 Å². The number of benzene rings is 1. The standard InChI is InChI=1S/C20H25N3O3S/c21-18(24)12-26-16-8-6-15(7-9-16)20(25)22-11-10-19-23-17(13-27-19)14-4-2-1-3-5-14/h6-9,13-14H,1-5,10-12H2,(H2,21,24)(H,22,25). The molecule has 6 nitrogen and oxygen atoms in total. The molecule has 1 aromatic carbocycles. The van der Waals surface area contributed by atoms with Crippen LogP contribution in [0, 0.1) is 0 Å². The van der Waals surface area contributed by atoms with Crippen LogP contribution in [0.2, 0.25) is 0 Å². The maximum atomic E-state index is 12.2. The first-order valence-electron chi connectivity index (χ1n) is 9.35. The minimum atomic E-state index is -0.536. The zero-order valence-corrected chi connectivity index (χ0v) is 16.1. The Morgan fingerprint density at radius 1 is 1.19 bits per heavy atom. The van der Waals surface area contributed by atoms with Gasteiger partial charge in [-0.2, -0.15) is 0 Å². The summed E-state index contributed by atoms with van der Waals surface area (Å²) in [6.07, 6.45) is 7.19. The third-order valence-corrected chi connectivity index (χ3v) is 5.64. The molecule has 1 fully saturated rings. The minimum Gasteiger partial charge on any atom is -0.484 e. The van der Waals surface area contributed by atoms with E-state index in [2.05, 4.69) is 10.7 Å². The molecule has 1 saturated carbocycles. The number of carbonyl (C=O) groups is 2. The second kappa shape index (κ2) is 9.50. The highest BCUT2D eigenvalue weighted by Crippen LogP contribution is 2.33. The topological polar surface area (TPSA) is 94.3 Å². The molecule has 0 spiro atoms. The fourth-order valence-corrected chi connectivity index (χ4v) is 4.15. The van der Waals surface area contributed by atoms with Crippen molar-refractivity contribution in [2.24, 2.45) is 5.73 Å². The Hall–Kier alpha value is -2.41. The van der Waals surface area contributed by atoms with Crippen molar-refractivity contribution in [3.8, 4) is 5.75 Å². The predicted octanol–water partition coefficient (Wildman–Crippen LogP) is 3.03. The number of ether oxygens (including phenoxy) is 1. The number of aromatic nitrogens is 1. The lowest BCUT2D eigenvalue weighted by molar-refractivity contribution is -0.119. The summed E-state index contributed by atoms with van der Waals surface area (Å²) in [4.78, 5) is 27.7. The average Bonchev–Trinajstić information content (AvgIpc) is 3.16. The molecule has 1 heterocycles. The van der Waals surface area contributed by atoms with Gasteiger partial charge in [-0.3, -0.25) is 9.59 Å². The molecule has 27 heavy (non-hydrogen) atoms. The van der Waals surface area contributed by atoms with Gasteiger partial charge in [0.2, 0.25) is 0 Å². The van der Waals surface area contributed by atoms with Crippen LogP contribution in [0.15, 0.2) is 29.6 Å². The smallest absolute Gasteiger partial charge is 0.255 e. The van der Waals surface area contributed by atoms with E-state index in [-0.39, 0.29) is 12.5 Å². The Morgan fingerprint density at radius 2 is 1.93 bits per heavy atom. The average molecular weight is 388 g/mol. The van der Waals surface area contributed by atoms with Crippen LogP contribution in [0.25, 0.3) is 0 Å². The normalized spacial score (nSPS) is 14.7. The Balaban J connectivity index is 1.44. The number of nitrogens with zero attached hydrogens (tertiary/aromatic N) is 1. The van der Waals surface area contributed by atoms with Gasteiger partial charge in [0.15, 0.2) is 6.61 Å². The van der Waals surface area contributed by atoms with Crippen molar-refractivity contribution in [1.29, 1.82) is 0 Å². The van der Waals surface area contributed by atoms with Crippen molar-refractivity contribution < 1.29 is 14.3 Å². The molecule has 1 aromatic heterocycles. The Kier molecular flexibility index (Phi) is 6.81. The lowest BCUT2D eigenvalue weighted by Crippen LogP contribution is -2.25. The maximum absolute atomic E-state index is 12.2. The van der Waals surface area contributed by atoms with Crippen molar-refractivity contribution in [1.82, 2.24) is 10.3 Å². The third-order valence-electron chi connectivity index (χ3n) is 4.71. The summed E-state index contributed by atoms with van der Waals surface area (Å²) >= 11 is 1.68. The quantitative estimate of drug-likeness (QED) is 0.728. The zero-order valence-electron chi connectivity index (χ0n) is 15.3. The number of rotatable bonds is 8. The van der Waals surface area contributed by atoms with Crippen LogP contribution in [-0.4, -0.2) is 29.9 Å². The molecule has 1 aliphatic carbocycles. The van der Waals surface area contributed by atoms with E-state index in [9.17, 15) is 9.59 Å². The predicted molar refractivity (Wildman–Crippen MR) is 105 cm³/mol. The van der Waals surface area contributed by atoms with Gasteiger partial charge in [0, 0.05) is 29.8 Å². The van der Waals surface area contributed by atoms with Gasteiger partial charge in [-0.15, -0.1) is 11.3 Å². The first kappa shape index (κ1) is 19.4. The molecule has 2 aromatic rings. The number of nitrogens with two attached hydrogens (primary N) is 1. The van der Waals surface area contributed by atoms with Crippen LogP contribution in [0.3, 0.4) is 0 Å². The van der Waals surface area contributed by atoms with Gasteiger partial charge in [-0.1, -0.05) is 19.3 Å². The highest BCUT2D eigenvalue weighted by atomic mass is 32.1. The van der Waals surface area contributed by atoms with E-state index in [1.54, 1.807) is 35.6 Å². The first-order valence-corrected chi connectivity index (χ1v) is 10.2. The van der Waals surface area contributed by atoms with Crippen molar-refractivity contribution >= 4 is 23.2 Å². The van der Waals surface area contributed by atoms with Gasteiger partial charge in [0.05, 0.1) is 10.7 Å². The largest absolute Gasteiger partial charge is 0.484 e. The summed E-state index contributed by atoms with van der Waals surface area (Å²) in [6.45, 7) is 0.374. The molecule has 0 radical (unpaired) electrons. The van der Waals surface area contributed by atoms with Crippen molar-refractivity contribution in [3.63, 3.8) is 0 Å². The van der Waals surface area contributed by atoms with Crippen LogP contribution < -0.4 is 15.8 Å². The summed E-state index contributed by atoms with van der Waals surface area (Å²) in [5.74, 6) is 0.447. The molecule has 3 N–H and O–H groups in total. The van der Waals surface area contributed by atoms with Gasteiger partial charge in [-0.25, -0.2) is 4.98 Å². The summed E-state index contributed by atoms with van der Waals surface area (Å²) in [5.41, 5.74) is 6.81. The molecule has 1 aliphatic rings. The van der Waals surface area contributed by atoms with Crippen LogP contribution in [-0.2, 0) is 11.2 Å². The maximum Gasteiger partial charge on any atom is 0.255 e. The molecule has 0 atom stereocenters. The van der Waals surface area contributed by atoms with Gasteiger partial charge < -0.3 is 15.8 Å². The van der Waals surface area contributed by atoms with Crippen LogP contribution in [0.4, 0.5) is 0 Å². The number of primary amides is 1. The Morgan fingerprint density at radius 3 is 2.63 bits per heavy atom. The fraction of sp³-hybridized carbons (Fsp3) is 0.450. The molecule has 3 rings (SSSR count). The summed E-state index contributed by atoms with van der Waals surface area (Å²) < 4.78 is 5.18. The number of nitrogens with one attached hydrogen (secondary N) is 1. The lowest BCUT2D eigenvalue weighted by atomic mass is 9.87. The molecule has 7 heteroatoms. The first-order chi connectivity index (χ1) is 13.1. The lowest BCUT2D eigenvalue weighted by Gasteiger charge is -2.19. The van der Waals surface area contributed by atoms with E-state index < -0.39 is 5.91 Å². The van der Waals surface area contributed by atoms with E-state index >= 15 is 0 Å². The molecule has 2 amide bonds. The number of hydrogen-bond acceptors (Lipinski definition) is 5. The monoisotopic (exact) mass is 387 g/mol. The number of carbonyl (C=O) groups excluding carboxylic acids is 2. The number of amides is 2. The second-order valence-electron chi connectivity index (χ2n) is 6.79. The van der Waals surface area contributed by atoms with Gasteiger partial charge in [-0.05, 0) is 37.1 Å². The van der Waals surface area contributed by atoms with E-state index in [0.717, 1.165) is 11.4 Å². The Bertz CT molecular complexity index is 767. The Labute approximate surface area is 163 Å². The van der Waals surface area contributed by atoms with Gasteiger partial charge >= 0.3 is 0 Å². The molecule has 144 valence electrons. The highest BCUT2D eigenvalue weighted by Gasteiger charge is 2.18. The SMILES string of the molecule is NC(=O)COc1ccc(C(=O)NCCc2nc(C3CCCCC3)cs2)cc1. The van der Waals surface area contributed by atoms with E-state index in [1.165, 1.54) is 37.8 Å². The summed E-state index contributed by atoms with van der Waals surface area (Å²) in [6, 6.07) is 6.62. The molecule has 0 unspecified atom stereocenters. The number of thiazole rings is 1. The summed E-state index contributed by atoms with van der Waals surface area (Å²) in [7, 11) is 0. The van der Waals surface area contributed by atoms with Crippen molar-refractivity contribution in [2.75, 3.05) is 13.2 Å². The van der Waals surface area contributed by atoms with Gasteiger partial charge in [0.25, 0.3) is 11.8 Å². The number of hydrogen-bond donors (Lipinski definition) is 2. The minimum absolute atomic E-state index is 0.138. The molecule has 0 saturated heterocycles. The van der Waals surface area contributed by atoms with Crippen molar-refractivity contribution in [3.05, 3.63) is 45.9 Å². The molecular formula is C20H25N3O3S. The van der Waals surface area contributed by atoms with Gasteiger partial charge in [0.1, 0.15) is 5.75 Å². The van der Waals surface area contributed by atoms with E-state index in [0.29, 0.717) is 23.8 Å². The van der Waals surface area contributed by atoms with E-state index in [4.69, 9.17) is 15.5 Å². The second-order valence-corrected chi connectivity index (χ2v) is 7.73. The molecule has 0 bridgehead atoms. The van der Waals surface area contributed by atoms with Crippen LogP contribution in [0.1, 0.15) is 59.1 Å².